The van der Waals surface area contributed by atoms with Gasteiger partial charge in [0.25, 0.3) is 0 Å². The monoisotopic (exact) mass is 235 g/mol. The highest BCUT2D eigenvalue weighted by atomic mass is 16.3. The zero-order valence-electron chi connectivity index (χ0n) is 9.38. The molecule has 0 radical (unpaired) electrons. The van der Waals surface area contributed by atoms with Gasteiger partial charge in [0, 0.05) is 6.20 Å². The lowest BCUT2D eigenvalue weighted by Crippen LogP contribution is -2.57. The highest BCUT2D eigenvalue weighted by molar-refractivity contribution is 6.04. The van der Waals surface area contributed by atoms with Crippen LogP contribution in [-0.4, -0.2) is 34.5 Å². The van der Waals surface area contributed by atoms with E-state index in [4.69, 9.17) is 5.11 Å². The molecule has 1 fully saturated rings. The molecule has 2 N–H and O–H groups in total. The Morgan fingerprint density at radius 2 is 2.29 bits per heavy atom. The molecule has 0 saturated carbocycles. The van der Waals surface area contributed by atoms with Gasteiger partial charge in [-0.3, -0.25) is 14.9 Å². The molecule has 0 aliphatic carbocycles. The number of carbonyl (C=O) groups is 2. The van der Waals surface area contributed by atoms with Crippen LogP contribution in [0, 0.1) is 0 Å². The Bertz CT molecular complexity index is 444. The number of pyridine rings is 1. The third kappa shape index (κ3) is 2.26. The molecule has 1 aromatic heterocycles. The van der Waals surface area contributed by atoms with E-state index >= 15 is 0 Å². The average molecular weight is 235 g/mol. The normalized spacial score (nSPS) is 20.4. The lowest BCUT2D eigenvalue weighted by molar-refractivity contribution is -0.132. The minimum absolute atomic E-state index is 0.0811. The number of hydrogen-bond donors (Lipinski definition) is 2. The van der Waals surface area contributed by atoms with Crippen molar-refractivity contribution in [1.29, 1.82) is 0 Å². The smallest absolute Gasteiger partial charge is 0.249 e. The Hall–Kier alpha value is -1.95. The number of carbonyl (C=O) groups excluding carboxylic acids is 2. The standard InChI is InChI=1S/C11H13N3O3/c1-7-11(17)13-10(16)5-14(7)9-3-2-8(6-15)4-12-9/h2-4,7,15H,5-6H2,1H3,(H,13,16,17). The highest BCUT2D eigenvalue weighted by Gasteiger charge is 2.30. The van der Waals surface area contributed by atoms with Crippen LogP contribution in [-0.2, 0) is 16.2 Å². The first kappa shape index (κ1) is 11.5. The lowest BCUT2D eigenvalue weighted by Gasteiger charge is -2.32. The largest absolute Gasteiger partial charge is 0.392 e. The van der Waals surface area contributed by atoms with Gasteiger partial charge in [-0.2, -0.15) is 0 Å². The highest BCUT2D eigenvalue weighted by Crippen LogP contribution is 2.16. The number of imide groups is 1. The van der Waals surface area contributed by atoms with Crippen molar-refractivity contribution in [3.8, 4) is 0 Å². The molecule has 0 spiro atoms. The van der Waals surface area contributed by atoms with Crippen LogP contribution in [0.15, 0.2) is 18.3 Å². The Morgan fingerprint density at radius 3 is 2.88 bits per heavy atom. The van der Waals surface area contributed by atoms with E-state index in [1.165, 1.54) is 6.20 Å². The van der Waals surface area contributed by atoms with Crippen molar-refractivity contribution < 1.29 is 14.7 Å². The van der Waals surface area contributed by atoms with Gasteiger partial charge < -0.3 is 10.0 Å². The fourth-order valence-electron chi connectivity index (χ4n) is 1.67. The van der Waals surface area contributed by atoms with Crippen LogP contribution in [0.25, 0.3) is 0 Å². The zero-order chi connectivity index (χ0) is 12.4. The van der Waals surface area contributed by atoms with Gasteiger partial charge in [0.1, 0.15) is 11.9 Å². The van der Waals surface area contributed by atoms with E-state index < -0.39 is 6.04 Å². The topological polar surface area (TPSA) is 82.5 Å². The molecule has 0 aromatic carbocycles. The van der Waals surface area contributed by atoms with Crippen LogP contribution < -0.4 is 10.2 Å². The molecule has 1 atom stereocenters. The molecule has 2 rings (SSSR count). The van der Waals surface area contributed by atoms with Crippen LogP contribution in [0.2, 0.25) is 0 Å². The number of rotatable bonds is 2. The molecule has 1 unspecified atom stereocenters. The second-order valence-corrected chi connectivity index (χ2v) is 3.90. The molecule has 0 bridgehead atoms. The average Bonchev–Trinajstić information content (AvgIpc) is 2.34. The van der Waals surface area contributed by atoms with Crippen LogP contribution >= 0.6 is 0 Å². The van der Waals surface area contributed by atoms with Crippen LogP contribution in [0.3, 0.4) is 0 Å². The molecule has 17 heavy (non-hydrogen) atoms. The summed E-state index contributed by atoms with van der Waals surface area (Å²) in [7, 11) is 0. The molecule has 6 nitrogen and oxygen atoms in total. The summed E-state index contributed by atoms with van der Waals surface area (Å²) in [6, 6.07) is 2.97. The van der Waals surface area contributed by atoms with Gasteiger partial charge in [-0.05, 0) is 18.6 Å². The minimum atomic E-state index is -0.430. The maximum absolute atomic E-state index is 11.5. The summed E-state index contributed by atoms with van der Waals surface area (Å²) in [6.07, 6.45) is 1.53. The number of aromatic nitrogens is 1. The number of anilines is 1. The molecule has 1 saturated heterocycles. The summed E-state index contributed by atoms with van der Waals surface area (Å²) in [5, 5.41) is 11.2. The second kappa shape index (κ2) is 4.50. The van der Waals surface area contributed by atoms with Crippen molar-refractivity contribution in [2.24, 2.45) is 0 Å². The maximum Gasteiger partial charge on any atom is 0.249 e. The fraction of sp³-hybridized carbons (Fsp3) is 0.364. The van der Waals surface area contributed by atoms with Crippen molar-refractivity contribution in [2.75, 3.05) is 11.4 Å². The molecule has 90 valence electrons. The number of aliphatic hydroxyl groups excluding tert-OH is 1. The van der Waals surface area contributed by atoms with Gasteiger partial charge in [0.05, 0.1) is 13.2 Å². The Balaban J connectivity index is 2.24. The van der Waals surface area contributed by atoms with E-state index in [1.54, 1.807) is 24.0 Å². The predicted octanol–water partition coefficient (Wildman–Crippen LogP) is -0.575. The molecule has 2 heterocycles. The Kier molecular flexibility index (Phi) is 3.06. The first-order valence-electron chi connectivity index (χ1n) is 5.28. The Morgan fingerprint density at radius 1 is 1.53 bits per heavy atom. The van der Waals surface area contributed by atoms with Gasteiger partial charge >= 0.3 is 0 Å². The van der Waals surface area contributed by atoms with Gasteiger partial charge in [0.15, 0.2) is 0 Å². The number of piperazine rings is 1. The van der Waals surface area contributed by atoms with E-state index in [0.717, 1.165) is 0 Å². The maximum atomic E-state index is 11.5. The lowest BCUT2D eigenvalue weighted by atomic mass is 10.2. The van der Waals surface area contributed by atoms with E-state index in [1.807, 2.05) is 0 Å². The fourth-order valence-corrected chi connectivity index (χ4v) is 1.67. The van der Waals surface area contributed by atoms with E-state index in [0.29, 0.717) is 11.4 Å². The van der Waals surface area contributed by atoms with Crippen LogP contribution in [0.1, 0.15) is 12.5 Å². The van der Waals surface area contributed by atoms with Gasteiger partial charge in [-0.1, -0.05) is 6.07 Å². The number of hydrogen-bond acceptors (Lipinski definition) is 5. The molecular weight excluding hydrogens is 222 g/mol. The van der Waals surface area contributed by atoms with E-state index in [-0.39, 0.29) is 25.0 Å². The quantitative estimate of drug-likeness (QED) is 0.670. The zero-order valence-corrected chi connectivity index (χ0v) is 9.38. The van der Waals surface area contributed by atoms with Crippen molar-refractivity contribution >= 4 is 17.6 Å². The van der Waals surface area contributed by atoms with Crippen molar-refractivity contribution in [3.63, 3.8) is 0 Å². The summed E-state index contributed by atoms with van der Waals surface area (Å²) in [5.41, 5.74) is 0.689. The van der Waals surface area contributed by atoms with Crippen LogP contribution in [0.5, 0.6) is 0 Å². The van der Waals surface area contributed by atoms with Crippen LogP contribution in [0.4, 0.5) is 5.82 Å². The van der Waals surface area contributed by atoms with Crippen molar-refractivity contribution in [3.05, 3.63) is 23.9 Å². The summed E-state index contributed by atoms with van der Waals surface area (Å²) in [4.78, 5) is 28.5. The molecule has 1 aliphatic rings. The first-order valence-corrected chi connectivity index (χ1v) is 5.28. The number of nitrogens with one attached hydrogen (secondary N) is 1. The summed E-state index contributed by atoms with van der Waals surface area (Å²) >= 11 is 0. The van der Waals surface area contributed by atoms with E-state index in [9.17, 15) is 9.59 Å². The number of aliphatic hydroxyl groups is 1. The molecule has 1 aromatic rings. The molecule has 2 amide bonds. The number of amides is 2. The SMILES string of the molecule is CC1C(=O)NC(=O)CN1c1ccc(CO)cn1. The minimum Gasteiger partial charge on any atom is -0.392 e. The van der Waals surface area contributed by atoms with Crippen molar-refractivity contribution in [1.82, 2.24) is 10.3 Å². The molecular formula is C11H13N3O3. The third-order valence-electron chi connectivity index (χ3n) is 2.71. The summed E-state index contributed by atoms with van der Waals surface area (Å²) in [5.74, 6) is -0.103. The van der Waals surface area contributed by atoms with Gasteiger partial charge in [0.2, 0.25) is 11.8 Å². The van der Waals surface area contributed by atoms with E-state index in [2.05, 4.69) is 10.3 Å². The predicted molar refractivity (Wildman–Crippen MR) is 60.1 cm³/mol. The van der Waals surface area contributed by atoms with Gasteiger partial charge in [-0.25, -0.2) is 4.98 Å². The molecule has 6 heteroatoms. The van der Waals surface area contributed by atoms with Gasteiger partial charge in [-0.15, -0.1) is 0 Å². The molecule has 1 aliphatic heterocycles. The summed E-state index contributed by atoms with van der Waals surface area (Å²) < 4.78 is 0. The third-order valence-corrected chi connectivity index (χ3v) is 2.71. The summed E-state index contributed by atoms with van der Waals surface area (Å²) in [6.45, 7) is 1.74. The first-order chi connectivity index (χ1) is 8.11. The van der Waals surface area contributed by atoms with Crippen molar-refractivity contribution in [2.45, 2.75) is 19.6 Å². The number of nitrogens with zero attached hydrogens (tertiary/aromatic N) is 2. The Labute approximate surface area is 98.3 Å². The second-order valence-electron chi connectivity index (χ2n) is 3.90.